The Labute approximate surface area is 129 Å². The second-order valence-corrected chi connectivity index (χ2v) is 5.65. The molecule has 2 aromatic rings. The first-order chi connectivity index (χ1) is 9.02. The van der Waals surface area contributed by atoms with E-state index in [-0.39, 0.29) is 9.85 Å². The van der Waals surface area contributed by atoms with Crippen LogP contribution in [0.5, 0.6) is 5.75 Å². The zero-order valence-corrected chi connectivity index (χ0v) is 13.1. The SMILES string of the molecule is COc1ccc(C(Br)c2ccc(F)c(Cl)c2)c(Cl)c1. The van der Waals surface area contributed by atoms with Gasteiger partial charge in [0, 0.05) is 5.02 Å². The Morgan fingerprint density at radius 2 is 1.84 bits per heavy atom. The number of methoxy groups -OCH3 is 1. The Bertz CT molecular complexity index is 604. The van der Waals surface area contributed by atoms with Crippen molar-refractivity contribution in [3.8, 4) is 5.75 Å². The predicted octanol–water partition coefficient (Wildman–Crippen LogP) is 5.63. The zero-order chi connectivity index (χ0) is 14.0. The molecule has 0 fully saturated rings. The molecule has 0 radical (unpaired) electrons. The summed E-state index contributed by atoms with van der Waals surface area (Å²) < 4.78 is 18.3. The molecule has 0 aliphatic carbocycles. The van der Waals surface area contributed by atoms with E-state index in [4.69, 9.17) is 27.9 Å². The second kappa shape index (κ2) is 6.12. The molecular weight excluding hydrogens is 354 g/mol. The van der Waals surface area contributed by atoms with Gasteiger partial charge in [-0.15, -0.1) is 0 Å². The van der Waals surface area contributed by atoms with Crippen LogP contribution in [0.15, 0.2) is 36.4 Å². The van der Waals surface area contributed by atoms with Crippen molar-refractivity contribution in [2.75, 3.05) is 7.11 Å². The van der Waals surface area contributed by atoms with E-state index in [9.17, 15) is 4.39 Å². The normalized spacial score (nSPS) is 12.3. The molecule has 0 aromatic heterocycles. The molecule has 0 N–H and O–H groups in total. The highest BCUT2D eigenvalue weighted by molar-refractivity contribution is 9.09. The Morgan fingerprint density at radius 3 is 2.42 bits per heavy atom. The fraction of sp³-hybridized carbons (Fsp3) is 0.143. The van der Waals surface area contributed by atoms with Gasteiger partial charge in [-0.05, 0) is 35.4 Å². The van der Waals surface area contributed by atoms with Gasteiger partial charge in [-0.2, -0.15) is 0 Å². The molecule has 0 bridgehead atoms. The maximum atomic E-state index is 13.2. The number of ether oxygens (including phenoxy) is 1. The van der Waals surface area contributed by atoms with E-state index in [1.165, 1.54) is 6.07 Å². The highest BCUT2D eigenvalue weighted by Crippen LogP contribution is 2.37. The number of hydrogen-bond acceptors (Lipinski definition) is 1. The van der Waals surface area contributed by atoms with Crippen molar-refractivity contribution in [2.24, 2.45) is 0 Å². The molecule has 1 nitrogen and oxygen atoms in total. The van der Waals surface area contributed by atoms with Gasteiger partial charge >= 0.3 is 0 Å². The van der Waals surface area contributed by atoms with Gasteiger partial charge in [0.2, 0.25) is 0 Å². The van der Waals surface area contributed by atoms with E-state index in [1.807, 2.05) is 12.1 Å². The van der Waals surface area contributed by atoms with Crippen LogP contribution in [0.2, 0.25) is 10.0 Å². The van der Waals surface area contributed by atoms with Gasteiger partial charge in [-0.1, -0.05) is 51.3 Å². The standard InChI is InChI=1S/C14H10BrCl2FO/c1-19-9-3-4-10(11(16)7-9)14(15)8-2-5-13(18)12(17)6-8/h2-7,14H,1H3. The number of benzene rings is 2. The third-order valence-corrected chi connectivity index (χ3v) is 4.36. The largest absolute Gasteiger partial charge is 0.497 e. The van der Waals surface area contributed by atoms with Crippen molar-refractivity contribution in [2.45, 2.75) is 4.83 Å². The summed E-state index contributed by atoms with van der Waals surface area (Å²) in [5.41, 5.74) is 1.70. The summed E-state index contributed by atoms with van der Waals surface area (Å²) >= 11 is 15.5. The maximum Gasteiger partial charge on any atom is 0.141 e. The monoisotopic (exact) mass is 362 g/mol. The molecule has 0 aliphatic heterocycles. The van der Waals surface area contributed by atoms with E-state index >= 15 is 0 Å². The van der Waals surface area contributed by atoms with Crippen molar-refractivity contribution in [3.63, 3.8) is 0 Å². The molecule has 5 heteroatoms. The minimum atomic E-state index is -0.439. The van der Waals surface area contributed by atoms with Gasteiger partial charge in [-0.25, -0.2) is 4.39 Å². The summed E-state index contributed by atoms with van der Waals surface area (Å²) in [6.45, 7) is 0. The molecule has 0 amide bonds. The van der Waals surface area contributed by atoms with E-state index in [2.05, 4.69) is 15.9 Å². The highest BCUT2D eigenvalue weighted by atomic mass is 79.9. The summed E-state index contributed by atoms with van der Waals surface area (Å²) in [4.78, 5) is -0.163. The first-order valence-corrected chi connectivity index (χ1v) is 7.12. The molecule has 19 heavy (non-hydrogen) atoms. The first kappa shape index (κ1) is 14.6. The van der Waals surface area contributed by atoms with Crippen molar-refractivity contribution in [1.82, 2.24) is 0 Å². The van der Waals surface area contributed by atoms with E-state index in [0.29, 0.717) is 10.8 Å². The van der Waals surface area contributed by atoms with Crippen molar-refractivity contribution in [1.29, 1.82) is 0 Å². The first-order valence-electron chi connectivity index (χ1n) is 5.45. The number of alkyl halides is 1. The summed E-state index contributed by atoms with van der Waals surface area (Å²) in [5, 5.41) is 0.660. The molecule has 0 aliphatic rings. The Hall–Kier alpha value is -0.770. The van der Waals surface area contributed by atoms with Crippen LogP contribution in [0.25, 0.3) is 0 Å². The van der Waals surface area contributed by atoms with E-state index in [1.54, 1.807) is 25.3 Å². The molecule has 0 heterocycles. The summed E-state index contributed by atoms with van der Waals surface area (Å²) in [6.07, 6.45) is 0. The van der Waals surface area contributed by atoms with Crippen LogP contribution >= 0.6 is 39.1 Å². The lowest BCUT2D eigenvalue weighted by molar-refractivity contribution is 0.414. The maximum absolute atomic E-state index is 13.2. The molecule has 0 saturated carbocycles. The van der Waals surface area contributed by atoms with Crippen LogP contribution < -0.4 is 4.74 Å². The second-order valence-electron chi connectivity index (χ2n) is 3.92. The fourth-order valence-corrected chi connectivity index (χ4v) is 2.97. The lowest BCUT2D eigenvalue weighted by Crippen LogP contribution is -1.95. The van der Waals surface area contributed by atoms with Gasteiger partial charge in [0.25, 0.3) is 0 Å². The third-order valence-electron chi connectivity index (χ3n) is 2.72. The Balaban J connectivity index is 2.38. The van der Waals surface area contributed by atoms with Crippen LogP contribution in [-0.4, -0.2) is 7.11 Å². The molecule has 0 saturated heterocycles. The smallest absolute Gasteiger partial charge is 0.141 e. The number of hydrogen-bond donors (Lipinski definition) is 0. The Kier molecular flexibility index (Phi) is 4.71. The number of rotatable bonds is 3. The molecule has 2 aromatic carbocycles. The summed E-state index contributed by atoms with van der Waals surface area (Å²) in [6, 6.07) is 10.00. The average molecular weight is 364 g/mol. The van der Waals surface area contributed by atoms with Gasteiger partial charge in [-0.3, -0.25) is 0 Å². The lowest BCUT2D eigenvalue weighted by Gasteiger charge is -2.14. The van der Waals surface area contributed by atoms with Gasteiger partial charge in [0.05, 0.1) is 17.0 Å². The molecular formula is C14H10BrCl2FO. The van der Waals surface area contributed by atoms with Crippen LogP contribution in [0.1, 0.15) is 16.0 Å². The van der Waals surface area contributed by atoms with Crippen LogP contribution in [0.4, 0.5) is 4.39 Å². The molecule has 100 valence electrons. The van der Waals surface area contributed by atoms with Crippen LogP contribution in [0, 0.1) is 5.82 Å². The Morgan fingerprint density at radius 1 is 1.11 bits per heavy atom. The lowest BCUT2D eigenvalue weighted by atomic mass is 10.0. The fourth-order valence-electron chi connectivity index (χ4n) is 1.69. The summed E-state index contributed by atoms with van der Waals surface area (Å²) in [7, 11) is 1.58. The molecule has 1 unspecified atom stereocenters. The zero-order valence-electron chi connectivity index (χ0n) is 9.96. The van der Waals surface area contributed by atoms with Crippen molar-refractivity contribution >= 4 is 39.1 Å². The minimum Gasteiger partial charge on any atom is -0.497 e. The molecule has 0 spiro atoms. The molecule has 1 atom stereocenters. The predicted molar refractivity (Wildman–Crippen MR) is 80.2 cm³/mol. The molecule has 2 rings (SSSR count). The van der Waals surface area contributed by atoms with Gasteiger partial charge in [0.1, 0.15) is 11.6 Å². The van der Waals surface area contributed by atoms with E-state index in [0.717, 1.165) is 11.1 Å². The topological polar surface area (TPSA) is 9.23 Å². The van der Waals surface area contributed by atoms with Gasteiger partial charge < -0.3 is 4.74 Å². The quantitative estimate of drug-likeness (QED) is 0.642. The third kappa shape index (κ3) is 3.22. The van der Waals surface area contributed by atoms with Crippen molar-refractivity contribution < 1.29 is 9.13 Å². The van der Waals surface area contributed by atoms with E-state index < -0.39 is 5.82 Å². The number of halogens is 4. The highest BCUT2D eigenvalue weighted by Gasteiger charge is 2.15. The van der Waals surface area contributed by atoms with Crippen LogP contribution in [0.3, 0.4) is 0 Å². The summed E-state index contributed by atoms with van der Waals surface area (Å²) in [5.74, 6) is 0.247. The van der Waals surface area contributed by atoms with Crippen molar-refractivity contribution in [3.05, 3.63) is 63.4 Å². The van der Waals surface area contributed by atoms with Gasteiger partial charge in [0.15, 0.2) is 0 Å². The average Bonchev–Trinajstić information content (AvgIpc) is 2.41. The van der Waals surface area contributed by atoms with Crippen LogP contribution in [-0.2, 0) is 0 Å². The minimum absolute atomic E-state index is 0.0894.